The molecule has 0 bridgehead atoms. The Morgan fingerprint density at radius 2 is 1.73 bits per heavy atom. The van der Waals surface area contributed by atoms with E-state index in [1.807, 2.05) is 48.7 Å². The normalized spacial score (nSPS) is 11.8. The molecule has 0 radical (unpaired) electrons. The second kappa shape index (κ2) is 5.53. The van der Waals surface area contributed by atoms with Crippen molar-refractivity contribution < 1.29 is 8.98 Å². The van der Waals surface area contributed by atoms with E-state index in [9.17, 15) is 4.79 Å². The summed E-state index contributed by atoms with van der Waals surface area (Å²) in [5, 5.41) is 2.17. The first-order chi connectivity index (χ1) is 10.4. The van der Waals surface area contributed by atoms with Crippen molar-refractivity contribution in [3.05, 3.63) is 70.8 Å². The molecule has 0 saturated heterocycles. The average molecular weight is 310 g/mol. The van der Waals surface area contributed by atoms with Gasteiger partial charge in [0.05, 0.1) is 13.5 Å². The van der Waals surface area contributed by atoms with Crippen molar-refractivity contribution in [2.45, 2.75) is 26.2 Å². The molecule has 0 unspecified atom stereocenters. The number of fused-ring (bicyclic) bond motifs is 1. The van der Waals surface area contributed by atoms with Crippen LogP contribution >= 0.6 is 0 Å². The van der Waals surface area contributed by atoms with Gasteiger partial charge < -0.3 is 4.42 Å². The van der Waals surface area contributed by atoms with Crippen LogP contribution in [0.3, 0.4) is 0 Å². The highest BCUT2D eigenvalue weighted by molar-refractivity contribution is 6.90. The third-order valence-corrected chi connectivity index (χ3v) is 5.78. The maximum atomic E-state index is 12.3. The lowest BCUT2D eigenvalue weighted by molar-refractivity contribution is -0.712. The van der Waals surface area contributed by atoms with Crippen LogP contribution in [0.4, 0.5) is 0 Å². The van der Waals surface area contributed by atoms with E-state index >= 15 is 0 Å². The Hall–Kier alpha value is -2.20. The van der Waals surface area contributed by atoms with E-state index in [0.29, 0.717) is 6.54 Å². The van der Waals surface area contributed by atoms with Crippen LogP contribution in [0.2, 0.25) is 19.6 Å². The molecule has 0 aliphatic rings. The van der Waals surface area contributed by atoms with Gasteiger partial charge in [0, 0.05) is 5.56 Å². The molecule has 1 aromatic heterocycles. The molecule has 4 heteroatoms. The van der Waals surface area contributed by atoms with Crippen LogP contribution in [0, 0.1) is 0 Å². The zero-order valence-electron chi connectivity index (χ0n) is 13.2. The Labute approximate surface area is 130 Å². The van der Waals surface area contributed by atoms with Crippen LogP contribution in [-0.2, 0) is 6.54 Å². The number of rotatable bonds is 3. The van der Waals surface area contributed by atoms with E-state index in [1.165, 1.54) is 5.19 Å². The maximum absolute atomic E-state index is 12.3. The topological polar surface area (TPSA) is 34.1 Å². The predicted molar refractivity (Wildman–Crippen MR) is 91.2 cm³/mol. The van der Waals surface area contributed by atoms with Gasteiger partial charge in [0.25, 0.3) is 0 Å². The fourth-order valence-electron chi connectivity index (χ4n) is 2.62. The quantitative estimate of drug-likeness (QED) is 0.550. The molecule has 0 atom stereocenters. The highest BCUT2D eigenvalue weighted by atomic mass is 28.3. The fourth-order valence-corrected chi connectivity index (χ4v) is 4.09. The summed E-state index contributed by atoms with van der Waals surface area (Å²) in [6, 6.07) is 16.1. The molecule has 0 spiro atoms. The molecular weight excluding hydrogens is 290 g/mol. The summed E-state index contributed by atoms with van der Waals surface area (Å²) in [5.41, 5.74) is 1.83. The molecule has 0 N–H and O–H groups in total. The number of nitrogens with zero attached hydrogens (tertiary/aromatic N) is 1. The summed E-state index contributed by atoms with van der Waals surface area (Å²) in [6.07, 6.45) is 1.90. The standard InChI is InChI=1S/C18H20NO2Si/c1-22(2,3)16-11-7-10-15-13-19(18(20)21-17(15)16)12-14-8-5-4-6-9-14/h4-11,13H,12H2,1-3H3/q+1. The van der Waals surface area contributed by atoms with Gasteiger partial charge in [0.15, 0.2) is 12.7 Å². The lowest BCUT2D eigenvalue weighted by Gasteiger charge is -2.16. The molecule has 0 saturated carbocycles. The average Bonchev–Trinajstić information content (AvgIpc) is 2.47. The van der Waals surface area contributed by atoms with Crippen molar-refractivity contribution >= 4 is 24.2 Å². The van der Waals surface area contributed by atoms with E-state index in [-0.39, 0.29) is 5.76 Å². The Kier molecular flexibility index (Phi) is 3.70. The second-order valence-corrected chi connectivity index (χ2v) is 11.6. The first-order valence-corrected chi connectivity index (χ1v) is 11.0. The molecule has 2 aromatic carbocycles. The molecular formula is C18H20NO2Si+. The summed E-state index contributed by atoms with van der Waals surface area (Å²) >= 11 is 0. The van der Waals surface area contributed by atoms with Crippen LogP contribution < -0.4 is 15.5 Å². The summed E-state index contributed by atoms with van der Waals surface area (Å²) < 4.78 is 7.30. The predicted octanol–water partition coefficient (Wildman–Crippen LogP) is 2.67. The molecule has 112 valence electrons. The lowest BCUT2D eigenvalue weighted by atomic mass is 10.2. The molecule has 0 aliphatic carbocycles. The molecule has 22 heavy (non-hydrogen) atoms. The highest BCUT2D eigenvalue weighted by Gasteiger charge is 2.23. The molecule has 0 amide bonds. The summed E-state index contributed by atoms with van der Waals surface area (Å²) in [5.74, 6) is -0.304. The number of para-hydroxylation sites is 1. The van der Waals surface area contributed by atoms with E-state index in [0.717, 1.165) is 16.5 Å². The third kappa shape index (κ3) is 2.87. The van der Waals surface area contributed by atoms with Crippen molar-refractivity contribution in [1.29, 1.82) is 0 Å². The largest absolute Gasteiger partial charge is 0.602 e. The molecule has 3 rings (SSSR count). The zero-order chi connectivity index (χ0) is 15.7. The van der Waals surface area contributed by atoms with Gasteiger partial charge in [-0.2, -0.15) is 4.79 Å². The van der Waals surface area contributed by atoms with Crippen LogP contribution in [0.25, 0.3) is 11.0 Å². The van der Waals surface area contributed by atoms with Crippen molar-refractivity contribution in [3.63, 3.8) is 0 Å². The van der Waals surface area contributed by atoms with Crippen LogP contribution in [0.5, 0.6) is 0 Å². The van der Waals surface area contributed by atoms with E-state index < -0.39 is 8.07 Å². The fraction of sp³-hybridized carbons (Fsp3) is 0.222. The van der Waals surface area contributed by atoms with Gasteiger partial charge >= 0.3 is 5.76 Å². The minimum atomic E-state index is -1.55. The van der Waals surface area contributed by atoms with Gasteiger partial charge in [-0.15, -0.1) is 4.57 Å². The van der Waals surface area contributed by atoms with Crippen molar-refractivity contribution in [3.8, 4) is 0 Å². The maximum Gasteiger partial charge on any atom is 0.602 e. The van der Waals surface area contributed by atoms with Crippen molar-refractivity contribution in [2.24, 2.45) is 0 Å². The molecule has 0 fully saturated rings. The van der Waals surface area contributed by atoms with Gasteiger partial charge in [-0.1, -0.05) is 62.1 Å². The minimum Gasteiger partial charge on any atom is -0.372 e. The number of aromatic nitrogens is 1. The van der Waals surface area contributed by atoms with Crippen molar-refractivity contribution in [2.75, 3.05) is 0 Å². The van der Waals surface area contributed by atoms with Gasteiger partial charge in [-0.3, -0.25) is 0 Å². The third-order valence-electron chi connectivity index (χ3n) is 3.77. The number of hydrogen-bond donors (Lipinski definition) is 0. The summed E-state index contributed by atoms with van der Waals surface area (Å²) in [7, 11) is -1.55. The van der Waals surface area contributed by atoms with Gasteiger partial charge in [0.2, 0.25) is 0 Å². The van der Waals surface area contributed by atoms with Gasteiger partial charge in [0.1, 0.15) is 5.58 Å². The lowest BCUT2D eigenvalue weighted by Crippen LogP contribution is -2.50. The molecule has 0 aliphatic heterocycles. The second-order valence-electron chi connectivity index (χ2n) is 6.58. The van der Waals surface area contributed by atoms with Crippen LogP contribution in [-0.4, -0.2) is 8.07 Å². The number of hydrogen-bond acceptors (Lipinski definition) is 2. The van der Waals surface area contributed by atoms with E-state index in [1.54, 1.807) is 4.57 Å². The Morgan fingerprint density at radius 1 is 1.00 bits per heavy atom. The monoisotopic (exact) mass is 310 g/mol. The van der Waals surface area contributed by atoms with Crippen LogP contribution in [0.15, 0.2) is 63.9 Å². The first-order valence-electron chi connectivity index (χ1n) is 7.46. The molecule has 3 aromatic rings. The van der Waals surface area contributed by atoms with Crippen LogP contribution in [0.1, 0.15) is 5.56 Å². The van der Waals surface area contributed by atoms with E-state index in [4.69, 9.17) is 4.42 Å². The smallest absolute Gasteiger partial charge is 0.372 e. The highest BCUT2D eigenvalue weighted by Crippen LogP contribution is 2.13. The Morgan fingerprint density at radius 3 is 2.41 bits per heavy atom. The summed E-state index contributed by atoms with van der Waals surface area (Å²) in [4.78, 5) is 12.3. The Bertz CT molecular complexity index is 864. The van der Waals surface area contributed by atoms with Crippen molar-refractivity contribution in [1.82, 2.24) is 0 Å². The van der Waals surface area contributed by atoms with Gasteiger partial charge in [-0.05, 0) is 11.3 Å². The van der Waals surface area contributed by atoms with Gasteiger partial charge in [-0.25, -0.2) is 0 Å². The summed E-state index contributed by atoms with van der Waals surface area (Å²) in [6.45, 7) is 7.29. The van der Waals surface area contributed by atoms with E-state index in [2.05, 4.69) is 25.7 Å². The zero-order valence-corrected chi connectivity index (χ0v) is 14.2. The molecule has 1 heterocycles. The minimum absolute atomic E-state index is 0.304. The SMILES string of the molecule is C[Si](C)(C)c1cccc2c[n+](Cc3ccccc3)c(=O)oc12. The molecule has 3 nitrogen and oxygen atoms in total. The number of benzene rings is 2. The Balaban J connectivity index is 2.12. The first kappa shape index (κ1) is 14.7.